The summed E-state index contributed by atoms with van der Waals surface area (Å²) in [6.07, 6.45) is 2.80. The number of H-pyrrole nitrogens is 1. The number of benzene rings is 1. The Kier molecular flexibility index (Phi) is 5.44. The monoisotopic (exact) mass is 379 g/mol. The van der Waals surface area contributed by atoms with Gasteiger partial charge in [0.05, 0.1) is 17.6 Å². The van der Waals surface area contributed by atoms with Crippen LogP contribution in [0.3, 0.4) is 0 Å². The number of aromatic amines is 1. The van der Waals surface area contributed by atoms with Gasteiger partial charge in [-0.2, -0.15) is 0 Å². The van der Waals surface area contributed by atoms with E-state index in [9.17, 15) is 4.79 Å². The zero-order chi connectivity index (χ0) is 18.9. The van der Waals surface area contributed by atoms with Crippen LogP contribution in [-0.2, 0) is 16.0 Å². The molecular weight excluding hydrogens is 354 g/mol. The van der Waals surface area contributed by atoms with Gasteiger partial charge in [-0.25, -0.2) is 9.78 Å². The molecule has 6 nitrogen and oxygen atoms in total. The summed E-state index contributed by atoms with van der Waals surface area (Å²) in [6.45, 7) is 6.67. The van der Waals surface area contributed by atoms with Crippen molar-refractivity contribution in [1.82, 2.24) is 14.9 Å². The van der Waals surface area contributed by atoms with Crippen molar-refractivity contribution in [2.24, 2.45) is 0 Å². The van der Waals surface area contributed by atoms with Gasteiger partial charge in [0.1, 0.15) is 17.5 Å². The van der Waals surface area contributed by atoms with Crippen LogP contribution in [0.15, 0.2) is 12.1 Å². The minimum absolute atomic E-state index is 0.00800. The lowest BCUT2D eigenvalue weighted by Gasteiger charge is -2.24. The highest BCUT2D eigenvalue weighted by Crippen LogP contribution is 2.30. The molecule has 1 aliphatic rings. The van der Waals surface area contributed by atoms with Crippen molar-refractivity contribution in [3.8, 4) is 0 Å². The van der Waals surface area contributed by atoms with Gasteiger partial charge >= 0.3 is 6.09 Å². The molecule has 1 saturated heterocycles. The van der Waals surface area contributed by atoms with Crippen molar-refractivity contribution < 1.29 is 14.3 Å². The molecule has 0 bridgehead atoms. The van der Waals surface area contributed by atoms with Crippen molar-refractivity contribution >= 4 is 28.7 Å². The lowest BCUT2D eigenvalue weighted by molar-refractivity contribution is 0.0101. The maximum Gasteiger partial charge on any atom is 0.410 e. The number of carbonyl (C=O) groups excluding carboxylic acids is 1. The number of fused-ring (bicyclic) bond motifs is 1. The first-order chi connectivity index (χ1) is 12.2. The Balaban J connectivity index is 1.85. The van der Waals surface area contributed by atoms with E-state index in [-0.39, 0.29) is 12.2 Å². The molecule has 1 atom stereocenters. The Hall–Kier alpha value is -1.79. The summed E-state index contributed by atoms with van der Waals surface area (Å²) < 4.78 is 11.2. The van der Waals surface area contributed by atoms with E-state index in [1.54, 1.807) is 7.05 Å². The summed E-state index contributed by atoms with van der Waals surface area (Å²) >= 11 is 6.27. The van der Waals surface area contributed by atoms with Gasteiger partial charge in [0, 0.05) is 24.2 Å². The van der Waals surface area contributed by atoms with Gasteiger partial charge in [-0.05, 0) is 52.2 Å². The molecular formula is C19H26ClN3O3. The topological polar surface area (TPSA) is 67.5 Å². The number of rotatable bonds is 3. The molecule has 1 fully saturated rings. The molecule has 1 unspecified atom stereocenters. The predicted molar refractivity (Wildman–Crippen MR) is 101 cm³/mol. The Morgan fingerprint density at radius 2 is 2.19 bits per heavy atom. The quantitative estimate of drug-likeness (QED) is 0.829. The van der Waals surface area contributed by atoms with Crippen LogP contribution < -0.4 is 0 Å². The number of halogens is 1. The Morgan fingerprint density at radius 1 is 1.42 bits per heavy atom. The summed E-state index contributed by atoms with van der Waals surface area (Å²) in [7, 11) is 1.71. The summed E-state index contributed by atoms with van der Waals surface area (Å²) in [6, 6.07) is 3.70. The van der Waals surface area contributed by atoms with Crippen LogP contribution in [0.5, 0.6) is 0 Å². The normalized spacial score (nSPS) is 18.1. The highest BCUT2D eigenvalue weighted by atomic mass is 35.5. The fourth-order valence-electron chi connectivity index (χ4n) is 3.06. The van der Waals surface area contributed by atoms with Crippen molar-refractivity contribution in [3.63, 3.8) is 0 Å². The molecule has 1 amide bonds. The summed E-state index contributed by atoms with van der Waals surface area (Å²) in [5.41, 5.74) is 2.01. The summed E-state index contributed by atoms with van der Waals surface area (Å²) in [5.74, 6) is 0.822. The van der Waals surface area contributed by atoms with Crippen LogP contribution in [0.1, 0.15) is 57.5 Å². The lowest BCUT2D eigenvalue weighted by Crippen LogP contribution is -2.33. The number of nitrogens with one attached hydrogen (secondary N) is 1. The zero-order valence-corrected chi connectivity index (χ0v) is 16.5. The number of nitrogens with zero attached hydrogens (tertiary/aromatic N) is 2. The largest absolute Gasteiger partial charge is 0.444 e. The van der Waals surface area contributed by atoms with Crippen molar-refractivity contribution in [2.45, 2.75) is 58.3 Å². The summed E-state index contributed by atoms with van der Waals surface area (Å²) in [5, 5.41) is 0.602. The van der Waals surface area contributed by atoms with Crippen LogP contribution >= 0.6 is 11.6 Å². The van der Waals surface area contributed by atoms with Crippen LogP contribution in [0.2, 0.25) is 5.02 Å². The third kappa shape index (κ3) is 4.48. The molecule has 142 valence electrons. The van der Waals surface area contributed by atoms with E-state index in [0.29, 0.717) is 11.6 Å². The van der Waals surface area contributed by atoms with E-state index < -0.39 is 5.60 Å². The lowest BCUT2D eigenvalue weighted by atomic mass is 10.1. The van der Waals surface area contributed by atoms with Gasteiger partial charge in [-0.3, -0.25) is 0 Å². The predicted octanol–water partition coefficient (Wildman–Crippen LogP) is 4.82. The highest BCUT2D eigenvalue weighted by molar-refractivity contribution is 6.31. The number of hydrogen-bond donors (Lipinski definition) is 1. The Bertz CT molecular complexity index is 791. The molecule has 3 rings (SSSR count). The van der Waals surface area contributed by atoms with Gasteiger partial charge in [-0.1, -0.05) is 11.6 Å². The van der Waals surface area contributed by atoms with Crippen molar-refractivity contribution in [3.05, 3.63) is 28.5 Å². The number of hydrogen-bond acceptors (Lipinski definition) is 4. The second kappa shape index (κ2) is 7.45. The van der Waals surface area contributed by atoms with Crippen LogP contribution in [-0.4, -0.2) is 40.2 Å². The first kappa shape index (κ1) is 19.0. The molecule has 2 heterocycles. The van der Waals surface area contributed by atoms with E-state index in [2.05, 4.69) is 4.98 Å². The van der Waals surface area contributed by atoms with Gasteiger partial charge in [-0.15, -0.1) is 0 Å². The number of aromatic nitrogens is 2. The Labute approximate surface area is 158 Å². The first-order valence-corrected chi connectivity index (χ1v) is 9.34. The SMILES string of the molecule is CN(Cc1cc(Cl)cc2[nH]c(C3CCCCO3)nc12)C(=O)OC(C)(C)C. The van der Waals surface area contributed by atoms with E-state index in [1.165, 1.54) is 4.90 Å². The zero-order valence-electron chi connectivity index (χ0n) is 15.8. The molecule has 0 saturated carbocycles. The first-order valence-electron chi connectivity index (χ1n) is 8.97. The molecule has 1 aromatic carbocycles. The van der Waals surface area contributed by atoms with Gasteiger partial charge in [0.25, 0.3) is 0 Å². The second-order valence-electron chi connectivity index (χ2n) is 7.77. The second-order valence-corrected chi connectivity index (χ2v) is 8.21. The van der Waals surface area contributed by atoms with E-state index in [4.69, 9.17) is 26.1 Å². The molecule has 1 N–H and O–H groups in total. The van der Waals surface area contributed by atoms with Gasteiger partial charge in [0.2, 0.25) is 0 Å². The third-order valence-electron chi connectivity index (χ3n) is 4.25. The van der Waals surface area contributed by atoms with Gasteiger partial charge < -0.3 is 19.4 Å². The number of carbonyl (C=O) groups is 1. The molecule has 0 aliphatic carbocycles. The van der Waals surface area contributed by atoms with Gasteiger partial charge in [0.15, 0.2) is 0 Å². The fourth-order valence-corrected chi connectivity index (χ4v) is 3.30. The molecule has 26 heavy (non-hydrogen) atoms. The van der Waals surface area contributed by atoms with Crippen LogP contribution in [0.25, 0.3) is 11.0 Å². The third-order valence-corrected chi connectivity index (χ3v) is 4.46. The maximum atomic E-state index is 12.3. The van der Waals surface area contributed by atoms with Crippen molar-refractivity contribution in [1.29, 1.82) is 0 Å². The molecule has 1 aromatic heterocycles. The van der Waals surface area contributed by atoms with Crippen LogP contribution in [0.4, 0.5) is 4.79 Å². The molecule has 7 heteroatoms. The number of ether oxygens (including phenoxy) is 2. The minimum Gasteiger partial charge on any atom is -0.444 e. The maximum absolute atomic E-state index is 12.3. The summed E-state index contributed by atoms with van der Waals surface area (Å²) in [4.78, 5) is 21.9. The average molecular weight is 380 g/mol. The smallest absolute Gasteiger partial charge is 0.410 e. The molecule has 1 aliphatic heterocycles. The molecule has 0 spiro atoms. The fraction of sp³-hybridized carbons (Fsp3) is 0.579. The standard InChI is InChI=1S/C19H26ClN3O3/c1-19(2,3)26-18(24)23(4)11-12-9-13(20)10-14-16(12)22-17(21-14)15-7-5-6-8-25-15/h9-10,15H,5-8,11H2,1-4H3,(H,21,22). The minimum atomic E-state index is -0.535. The molecule has 2 aromatic rings. The highest BCUT2D eigenvalue weighted by Gasteiger charge is 2.23. The molecule has 0 radical (unpaired) electrons. The Morgan fingerprint density at radius 3 is 2.85 bits per heavy atom. The van der Waals surface area contributed by atoms with E-state index >= 15 is 0 Å². The average Bonchev–Trinajstić information content (AvgIpc) is 2.98. The van der Waals surface area contributed by atoms with E-state index in [0.717, 1.165) is 48.3 Å². The van der Waals surface area contributed by atoms with E-state index in [1.807, 2.05) is 32.9 Å². The number of amides is 1. The number of imidazole rings is 1. The van der Waals surface area contributed by atoms with Crippen LogP contribution in [0, 0.1) is 0 Å². The van der Waals surface area contributed by atoms with Crippen molar-refractivity contribution in [2.75, 3.05) is 13.7 Å².